The summed E-state index contributed by atoms with van der Waals surface area (Å²) in [6.45, 7) is 0. The van der Waals surface area contributed by atoms with E-state index in [9.17, 15) is 19.7 Å². The first-order valence-corrected chi connectivity index (χ1v) is 7.36. The molecule has 0 saturated heterocycles. The molecule has 2 aromatic carbocycles. The van der Waals surface area contributed by atoms with Crippen molar-refractivity contribution in [2.75, 3.05) is 0 Å². The molecule has 2 rings (SSSR count). The van der Waals surface area contributed by atoms with E-state index in [2.05, 4.69) is 26.8 Å². The average Bonchev–Trinajstić information content (AvgIpc) is 2.52. The van der Waals surface area contributed by atoms with Crippen molar-refractivity contribution in [3.05, 3.63) is 73.2 Å². The summed E-state index contributed by atoms with van der Waals surface area (Å²) in [4.78, 5) is 34.0. The van der Waals surface area contributed by atoms with E-state index in [1.165, 1.54) is 12.1 Å². The maximum atomic E-state index is 12.0. The molecule has 0 aliphatic rings. The molecule has 0 aromatic heterocycles. The molecule has 2 N–H and O–H groups in total. The molecule has 0 fully saturated rings. The number of carbonyl (C=O) groups is 2. The van der Waals surface area contributed by atoms with E-state index >= 15 is 0 Å². The number of nitrogens with zero attached hydrogens (tertiary/aromatic N) is 1. The Bertz CT molecular complexity index is 797. The van der Waals surface area contributed by atoms with Gasteiger partial charge in [0.1, 0.15) is 0 Å². The number of carbonyl (C=O) groups excluding carboxylic acids is 2. The smallest absolute Gasteiger partial charge is 0.267 e. The molecule has 0 heterocycles. The quantitative estimate of drug-likeness (QED) is 0.613. The van der Waals surface area contributed by atoms with Gasteiger partial charge in [0.15, 0.2) is 0 Å². The van der Waals surface area contributed by atoms with Crippen molar-refractivity contribution in [2.45, 2.75) is 0 Å². The largest absolute Gasteiger partial charge is 0.271 e. The maximum Gasteiger partial charge on any atom is 0.271 e. The highest BCUT2D eigenvalue weighted by molar-refractivity contribution is 9.10. The van der Waals surface area contributed by atoms with E-state index < -0.39 is 16.7 Å². The lowest BCUT2D eigenvalue weighted by Gasteiger charge is -2.08. The summed E-state index contributed by atoms with van der Waals surface area (Å²) in [6, 6.07) is 10.00. The van der Waals surface area contributed by atoms with E-state index in [0.29, 0.717) is 10.0 Å². The highest BCUT2D eigenvalue weighted by Crippen LogP contribution is 2.21. The third-order valence-electron chi connectivity index (χ3n) is 2.78. The van der Waals surface area contributed by atoms with Gasteiger partial charge in [-0.05, 0) is 24.3 Å². The number of hydrogen-bond acceptors (Lipinski definition) is 4. The van der Waals surface area contributed by atoms with Crippen LogP contribution in [0.5, 0.6) is 0 Å². The van der Waals surface area contributed by atoms with Crippen LogP contribution in [0, 0.1) is 10.1 Å². The average molecular weight is 399 g/mol. The number of rotatable bonds is 3. The van der Waals surface area contributed by atoms with Crippen molar-refractivity contribution in [1.29, 1.82) is 0 Å². The topological polar surface area (TPSA) is 101 Å². The van der Waals surface area contributed by atoms with Gasteiger partial charge in [-0.25, -0.2) is 0 Å². The zero-order chi connectivity index (χ0) is 17.0. The molecule has 118 valence electrons. The lowest BCUT2D eigenvalue weighted by atomic mass is 10.2. The third-order valence-corrected chi connectivity index (χ3v) is 3.60. The van der Waals surface area contributed by atoms with Crippen molar-refractivity contribution < 1.29 is 14.5 Å². The van der Waals surface area contributed by atoms with Gasteiger partial charge >= 0.3 is 0 Å². The first kappa shape index (κ1) is 16.9. The zero-order valence-electron chi connectivity index (χ0n) is 11.4. The molecular formula is C14H9BrClN3O4. The number of halogens is 2. The van der Waals surface area contributed by atoms with Gasteiger partial charge in [0.05, 0.1) is 15.5 Å². The maximum absolute atomic E-state index is 12.0. The van der Waals surface area contributed by atoms with Crippen LogP contribution in [-0.4, -0.2) is 16.7 Å². The molecule has 0 atom stereocenters. The van der Waals surface area contributed by atoms with Crippen molar-refractivity contribution in [3.63, 3.8) is 0 Å². The molecule has 0 aliphatic heterocycles. The molecule has 23 heavy (non-hydrogen) atoms. The second kappa shape index (κ2) is 7.21. The van der Waals surface area contributed by atoms with Gasteiger partial charge in [-0.3, -0.25) is 30.6 Å². The minimum absolute atomic E-state index is 0.0322. The highest BCUT2D eigenvalue weighted by Gasteiger charge is 2.16. The zero-order valence-corrected chi connectivity index (χ0v) is 13.7. The Morgan fingerprint density at radius 2 is 1.78 bits per heavy atom. The molecule has 0 aliphatic carbocycles. The van der Waals surface area contributed by atoms with Gasteiger partial charge in [0.2, 0.25) is 0 Å². The van der Waals surface area contributed by atoms with E-state index in [4.69, 9.17) is 11.6 Å². The van der Waals surface area contributed by atoms with Crippen LogP contribution in [0.25, 0.3) is 0 Å². The predicted molar refractivity (Wildman–Crippen MR) is 87.2 cm³/mol. The second-order valence-corrected chi connectivity index (χ2v) is 5.66. The molecule has 2 aromatic rings. The summed E-state index contributed by atoms with van der Waals surface area (Å²) >= 11 is 9.08. The highest BCUT2D eigenvalue weighted by atomic mass is 79.9. The monoisotopic (exact) mass is 397 g/mol. The first-order valence-electron chi connectivity index (χ1n) is 6.18. The Morgan fingerprint density at radius 3 is 2.43 bits per heavy atom. The molecule has 0 radical (unpaired) electrons. The molecular weight excluding hydrogens is 390 g/mol. The number of hydrogen-bond donors (Lipinski definition) is 2. The fourth-order valence-corrected chi connectivity index (χ4v) is 2.29. The van der Waals surface area contributed by atoms with E-state index in [-0.39, 0.29) is 16.3 Å². The third kappa shape index (κ3) is 4.27. The molecule has 2 amide bonds. The minimum Gasteiger partial charge on any atom is -0.267 e. The van der Waals surface area contributed by atoms with Crippen LogP contribution in [0.4, 0.5) is 5.69 Å². The van der Waals surface area contributed by atoms with Gasteiger partial charge in [-0.1, -0.05) is 33.6 Å². The lowest BCUT2D eigenvalue weighted by Crippen LogP contribution is -2.41. The van der Waals surface area contributed by atoms with Gasteiger partial charge in [-0.2, -0.15) is 0 Å². The molecule has 9 heteroatoms. The fourth-order valence-electron chi connectivity index (χ4n) is 1.68. The number of nitro benzene ring substituents is 1. The Hall–Kier alpha value is -2.45. The molecule has 0 spiro atoms. The Kier molecular flexibility index (Phi) is 5.30. The van der Waals surface area contributed by atoms with E-state index in [1.807, 2.05) is 0 Å². The first-order chi connectivity index (χ1) is 10.9. The summed E-state index contributed by atoms with van der Waals surface area (Å²) in [5.41, 5.74) is 4.30. The van der Waals surface area contributed by atoms with Crippen molar-refractivity contribution in [3.8, 4) is 0 Å². The Balaban J connectivity index is 2.09. The molecule has 0 saturated carbocycles. The number of nitro groups is 1. The van der Waals surface area contributed by atoms with Gasteiger partial charge < -0.3 is 0 Å². The van der Waals surface area contributed by atoms with Crippen molar-refractivity contribution in [1.82, 2.24) is 10.9 Å². The van der Waals surface area contributed by atoms with Crippen LogP contribution in [0.1, 0.15) is 20.7 Å². The van der Waals surface area contributed by atoms with Gasteiger partial charge in [-0.15, -0.1) is 0 Å². The van der Waals surface area contributed by atoms with Crippen LogP contribution in [-0.2, 0) is 0 Å². The second-order valence-electron chi connectivity index (χ2n) is 4.34. The van der Waals surface area contributed by atoms with E-state index in [0.717, 1.165) is 6.07 Å². The summed E-state index contributed by atoms with van der Waals surface area (Å²) in [7, 11) is 0. The summed E-state index contributed by atoms with van der Waals surface area (Å²) < 4.78 is 0.707. The SMILES string of the molecule is O=C(NNC(=O)c1cc([N+](=O)[O-])ccc1Cl)c1cccc(Br)c1. The van der Waals surface area contributed by atoms with Crippen LogP contribution in [0.15, 0.2) is 46.9 Å². The van der Waals surface area contributed by atoms with Crippen LogP contribution >= 0.6 is 27.5 Å². The number of amides is 2. The van der Waals surface area contributed by atoms with Gasteiger partial charge in [0.25, 0.3) is 17.5 Å². The van der Waals surface area contributed by atoms with Crippen LogP contribution in [0.2, 0.25) is 5.02 Å². The Labute approximate surface area is 143 Å². The van der Waals surface area contributed by atoms with Crippen molar-refractivity contribution in [2.24, 2.45) is 0 Å². The molecule has 0 unspecified atom stereocenters. The number of nitrogens with one attached hydrogen (secondary N) is 2. The number of benzene rings is 2. The number of hydrazine groups is 1. The van der Waals surface area contributed by atoms with Crippen LogP contribution < -0.4 is 10.9 Å². The van der Waals surface area contributed by atoms with E-state index in [1.54, 1.807) is 24.3 Å². The summed E-state index contributed by atoms with van der Waals surface area (Å²) in [5.74, 6) is -1.30. The fraction of sp³-hybridized carbons (Fsp3) is 0. The number of non-ortho nitro benzene ring substituents is 1. The van der Waals surface area contributed by atoms with Gasteiger partial charge in [0, 0.05) is 22.2 Å². The normalized spacial score (nSPS) is 10.0. The summed E-state index contributed by atoms with van der Waals surface area (Å²) in [5, 5.41) is 10.8. The predicted octanol–water partition coefficient (Wildman–Crippen LogP) is 3.09. The Morgan fingerprint density at radius 1 is 1.09 bits per heavy atom. The minimum atomic E-state index is -0.762. The van der Waals surface area contributed by atoms with Crippen LogP contribution in [0.3, 0.4) is 0 Å². The molecule has 7 nitrogen and oxygen atoms in total. The standard InChI is InChI=1S/C14H9BrClN3O4/c15-9-3-1-2-8(6-9)13(20)17-18-14(21)11-7-10(19(22)23)4-5-12(11)16/h1-7H,(H,17,20)(H,18,21). The van der Waals surface area contributed by atoms with Crippen molar-refractivity contribution >= 4 is 45.0 Å². The molecule has 0 bridgehead atoms. The lowest BCUT2D eigenvalue weighted by molar-refractivity contribution is -0.384. The summed E-state index contributed by atoms with van der Waals surface area (Å²) in [6.07, 6.45) is 0.